The Kier molecular flexibility index (Phi) is 2.98. The number of carbonyl (C=O) groups excluding carboxylic acids is 1. The summed E-state index contributed by atoms with van der Waals surface area (Å²) in [6, 6.07) is 0. The first kappa shape index (κ1) is 15.1. The molecule has 0 heterocycles. The third kappa shape index (κ3) is 2.17. The minimum Gasteiger partial charge on any atom is -0.460 e. The van der Waals surface area contributed by atoms with Gasteiger partial charge < -0.3 is 9.84 Å². The van der Waals surface area contributed by atoms with Crippen LogP contribution in [0.15, 0.2) is 0 Å². The lowest BCUT2D eigenvalue weighted by molar-refractivity contribution is -0.166. The van der Waals surface area contributed by atoms with Gasteiger partial charge in [-0.15, -0.1) is 0 Å². The Morgan fingerprint density at radius 2 is 2.00 bits per heavy atom. The Morgan fingerprint density at radius 3 is 2.57 bits per heavy atom. The summed E-state index contributed by atoms with van der Waals surface area (Å²) in [5.41, 5.74) is -1.35. The van der Waals surface area contributed by atoms with Crippen LogP contribution in [0.1, 0.15) is 32.1 Å². The van der Waals surface area contributed by atoms with Crippen LogP contribution in [0.25, 0.3) is 0 Å². The van der Waals surface area contributed by atoms with E-state index in [9.17, 15) is 27.1 Å². The van der Waals surface area contributed by atoms with Crippen molar-refractivity contribution in [1.29, 1.82) is 0 Å². The van der Waals surface area contributed by atoms with Gasteiger partial charge in [0.2, 0.25) is 0 Å². The summed E-state index contributed by atoms with van der Waals surface area (Å²) in [5, 5.41) is 5.36. The molecule has 4 bridgehead atoms. The SMILES string of the molecule is O=C(OCC12CC3CC1CC(O)(C3)C2)C(F)(F)S(=O)(=O)O. The molecule has 4 aliphatic rings. The molecule has 9 heteroatoms. The highest BCUT2D eigenvalue weighted by molar-refractivity contribution is 7.87. The molecule has 4 rings (SSSR count). The van der Waals surface area contributed by atoms with Gasteiger partial charge in [-0.3, -0.25) is 4.55 Å². The summed E-state index contributed by atoms with van der Waals surface area (Å²) in [6.45, 7) is -0.347. The van der Waals surface area contributed by atoms with Crippen LogP contribution in [0.5, 0.6) is 0 Å². The number of halogens is 2. The molecule has 4 aliphatic carbocycles. The van der Waals surface area contributed by atoms with Crippen LogP contribution >= 0.6 is 0 Å². The normalized spacial score (nSPS) is 41.5. The molecule has 0 radical (unpaired) electrons. The smallest absolute Gasteiger partial charge is 0.460 e. The molecule has 4 fully saturated rings. The van der Waals surface area contributed by atoms with Crippen molar-refractivity contribution in [3.8, 4) is 0 Å². The molecule has 4 unspecified atom stereocenters. The second kappa shape index (κ2) is 4.14. The number of aliphatic hydroxyl groups is 1. The van der Waals surface area contributed by atoms with Crippen molar-refractivity contribution in [2.24, 2.45) is 17.3 Å². The lowest BCUT2D eigenvalue weighted by atomic mass is 9.74. The first-order valence-electron chi connectivity index (χ1n) is 6.72. The number of ether oxygens (including phenoxy) is 1. The van der Waals surface area contributed by atoms with E-state index in [2.05, 4.69) is 4.74 Å². The van der Waals surface area contributed by atoms with E-state index in [1.54, 1.807) is 0 Å². The number of hydrogen-bond acceptors (Lipinski definition) is 5. The van der Waals surface area contributed by atoms with Gasteiger partial charge in [-0.2, -0.15) is 17.2 Å². The van der Waals surface area contributed by atoms with E-state index >= 15 is 0 Å². The van der Waals surface area contributed by atoms with Crippen molar-refractivity contribution in [2.75, 3.05) is 6.61 Å². The Morgan fingerprint density at radius 1 is 1.33 bits per heavy atom. The third-order valence-corrected chi connectivity index (χ3v) is 6.02. The van der Waals surface area contributed by atoms with E-state index in [-0.39, 0.29) is 12.5 Å². The lowest BCUT2D eigenvalue weighted by Gasteiger charge is -2.37. The van der Waals surface area contributed by atoms with E-state index in [0.29, 0.717) is 31.6 Å². The number of alkyl halides is 2. The number of hydrogen-bond donors (Lipinski definition) is 2. The monoisotopic (exact) mass is 326 g/mol. The standard InChI is InChI=1S/C12H16F2O6S/c13-12(14,21(17,18)19)9(15)20-6-10-2-7-1-8(10)4-11(16,3-7)5-10/h7-8,16H,1-6H2,(H,17,18,19). The first-order chi connectivity index (χ1) is 9.48. The van der Waals surface area contributed by atoms with Gasteiger partial charge >= 0.3 is 21.3 Å². The highest BCUT2D eigenvalue weighted by atomic mass is 32.2. The van der Waals surface area contributed by atoms with Crippen molar-refractivity contribution in [3.63, 3.8) is 0 Å². The molecule has 120 valence electrons. The Bertz CT molecular complexity index is 591. The molecular formula is C12H16F2O6S. The summed E-state index contributed by atoms with van der Waals surface area (Å²) in [7, 11) is -5.84. The summed E-state index contributed by atoms with van der Waals surface area (Å²) in [6.07, 6.45) is 3.18. The Balaban J connectivity index is 1.71. The van der Waals surface area contributed by atoms with E-state index in [1.165, 1.54) is 0 Å². The Hall–Kier alpha value is -0.800. The van der Waals surface area contributed by atoms with Gasteiger partial charge in [0, 0.05) is 5.41 Å². The van der Waals surface area contributed by atoms with Crippen molar-refractivity contribution < 1.29 is 36.4 Å². The maximum atomic E-state index is 13.1. The van der Waals surface area contributed by atoms with Crippen LogP contribution in [0.4, 0.5) is 8.78 Å². The predicted octanol–water partition coefficient (Wildman–Crippen LogP) is 0.951. The summed E-state index contributed by atoms with van der Waals surface area (Å²) < 4.78 is 60.1. The third-order valence-electron chi connectivity index (χ3n) is 5.21. The zero-order valence-corrected chi connectivity index (χ0v) is 11.9. The largest absolute Gasteiger partial charge is 0.465 e. The molecule has 0 saturated heterocycles. The summed E-state index contributed by atoms with van der Waals surface area (Å²) in [5.74, 6) is -1.87. The molecule has 21 heavy (non-hydrogen) atoms. The van der Waals surface area contributed by atoms with Crippen LogP contribution in [0.2, 0.25) is 0 Å². The summed E-state index contributed by atoms with van der Waals surface area (Å²) in [4.78, 5) is 11.3. The molecule has 0 aromatic heterocycles. The van der Waals surface area contributed by atoms with Crippen LogP contribution in [-0.2, 0) is 19.6 Å². The molecule has 0 aliphatic heterocycles. The van der Waals surface area contributed by atoms with Gasteiger partial charge in [0.05, 0.1) is 12.2 Å². The number of rotatable bonds is 4. The minimum absolute atomic E-state index is 0.105. The van der Waals surface area contributed by atoms with E-state index in [0.717, 1.165) is 6.42 Å². The summed E-state index contributed by atoms with van der Waals surface area (Å²) >= 11 is 0. The fraction of sp³-hybridized carbons (Fsp3) is 0.917. The highest BCUT2D eigenvalue weighted by Crippen LogP contribution is 2.66. The zero-order chi connectivity index (χ0) is 15.7. The van der Waals surface area contributed by atoms with Gasteiger partial charge in [-0.1, -0.05) is 0 Å². The quantitative estimate of drug-likeness (QED) is 0.589. The predicted molar refractivity (Wildman–Crippen MR) is 64.9 cm³/mol. The van der Waals surface area contributed by atoms with Crippen molar-refractivity contribution in [3.05, 3.63) is 0 Å². The van der Waals surface area contributed by atoms with Crippen LogP contribution < -0.4 is 0 Å². The maximum Gasteiger partial charge on any atom is 0.465 e. The van der Waals surface area contributed by atoms with Gasteiger partial charge in [0.1, 0.15) is 0 Å². The molecule has 2 N–H and O–H groups in total. The molecular weight excluding hydrogens is 310 g/mol. The molecule has 4 saturated carbocycles. The van der Waals surface area contributed by atoms with Crippen LogP contribution in [-0.4, -0.2) is 41.5 Å². The highest BCUT2D eigenvalue weighted by Gasteiger charge is 2.64. The number of esters is 1. The molecule has 0 aromatic carbocycles. The second-order valence-electron chi connectivity index (χ2n) is 6.74. The molecule has 4 atom stereocenters. The second-order valence-corrected chi connectivity index (χ2v) is 8.21. The van der Waals surface area contributed by atoms with Gasteiger partial charge in [0.15, 0.2) is 0 Å². The minimum atomic E-state index is -5.84. The fourth-order valence-electron chi connectivity index (χ4n) is 4.65. The van der Waals surface area contributed by atoms with Crippen molar-refractivity contribution >= 4 is 16.1 Å². The van der Waals surface area contributed by atoms with Gasteiger partial charge in [0.25, 0.3) is 0 Å². The van der Waals surface area contributed by atoms with Gasteiger partial charge in [-0.05, 0) is 43.9 Å². The first-order valence-corrected chi connectivity index (χ1v) is 8.16. The molecule has 6 nitrogen and oxygen atoms in total. The average Bonchev–Trinajstić information content (AvgIpc) is 2.66. The van der Waals surface area contributed by atoms with Crippen molar-refractivity contribution in [1.82, 2.24) is 0 Å². The zero-order valence-electron chi connectivity index (χ0n) is 11.1. The fourth-order valence-corrected chi connectivity index (χ4v) is 4.92. The van der Waals surface area contributed by atoms with E-state index in [4.69, 9.17) is 4.55 Å². The number of carbonyl (C=O) groups is 1. The van der Waals surface area contributed by atoms with Crippen LogP contribution in [0.3, 0.4) is 0 Å². The molecule has 0 amide bonds. The molecule has 0 aromatic rings. The van der Waals surface area contributed by atoms with Gasteiger partial charge in [-0.25, -0.2) is 4.79 Å². The lowest BCUT2D eigenvalue weighted by Crippen LogP contribution is -2.42. The van der Waals surface area contributed by atoms with Crippen molar-refractivity contribution in [2.45, 2.75) is 43.0 Å². The topological polar surface area (TPSA) is 101 Å². The molecule has 0 spiro atoms. The maximum absolute atomic E-state index is 13.1. The van der Waals surface area contributed by atoms with E-state index in [1.807, 2.05) is 0 Å². The van der Waals surface area contributed by atoms with Crippen LogP contribution in [0, 0.1) is 17.3 Å². The van der Waals surface area contributed by atoms with E-state index < -0.39 is 32.4 Å². The Labute approximate surface area is 120 Å². The average molecular weight is 326 g/mol.